The summed E-state index contributed by atoms with van der Waals surface area (Å²) in [5, 5.41) is 3.83. The van der Waals surface area contributed by atoms with Crippen LogP contribution in [0.1, 0.15) is 51.4 Å². The van der Waals surface area contributed by atoms with Gasteiger partial charge in [0.2, 0.25) is 0 Å². The molecule has 0 amide bonds. The van der Waals surface area contributed by atoms with Crippen molar-refractivity contribution < 1.29 is 0 Å². The van der Waals surface area contributed by atoms with Crippen LogP contribution in [0.4, 0.5) is 0 Å². The van der Waals surface area contributed by atoms with Crippen LogP contribution in [0.25, 0.3) is 0 Å². The first-order valence-electron chi connectivity index (χ1n) is 7.57. The summed E-state index contributed by atoms with van der Waals surface area (Å²) in [7, 11) is 0. The van der Waals surface area contributed by atoms with Crippen molar-refractivity contribution in [3.05, 3.63) is 0 Å². The first-order chi connectivity index (χ1) is 8.31. The average Bonchev–Trinajstić information content (AvgIpc) is 3.05. The van der Waals surface area contributed by atoms with Crippen molar-refractivity contribution >= 4 is 11.8 Å². The zero-order valence-electron chi connectivity index (χ0n) is 11.2. The second-order valence-corrected chi connectivity index (χ2v) is 7.93. The van der Waals surface area contributed by atoms with Crippen LogP contribution in [0.15, 0.2) is 0 Å². The summed E-state index contributed by atoms with van der Waals surface area (Å²) in [5.41, 5.74) is 0. The van der Waals surface area contributed by atoms with Gasteiger partial charge in [-0.15, -0.1) is 0 Å². The van der Waals surface area contributed by atoms with Crippen LogP contribution in [-0.2, 0) is 0 Å². The fraction of sp³-hybridized carbons (Fsp3) is 1.00. The Morgan fingerprint density at radius 1 is 1.18 bits per heavy atom. The number of thioether (sulfide) groups is 1. The highest BCUT2D eigenvalue weighted by Gasteiger charge is 2.39. The third-order valence-corrected chi connectivity index (χ3v) is 7.10. The summed E-state index contributed by atoms with van der Waals surface area (Å²) in [6.07, 6.45) is 14.3. The number of nitrogens with one attached hydrogen (secondary N) is 1. The quantitative estimate of drug-likeness (QED) is 0.802. The topological polar surface area (TPSA) is 12.0 Å². The molecule has 1 nitrogen and oxygen atoms in total. The second-order valence-electron chi connectivity index (χ2n) is 6.66. The molecule has 3 aliphatic carbocycles. The molecule has 3 atom stereocenters. The van der Waals surface area contributed by atoms with E-state index in [0.29, 0.717) is 4.75 Å². The van der Waals surface area contributed by atoms with Gasteiger partial charge in [0.1, 0.15) is 0 Å². The monoisotopic (exact) mass is 253 g/mol. The molecule has 3 fully saturated rings. The summed E-state index contributed by atoms with van der Waals surface area (Å²) in [4.78, 5) is 0. The Morgan fingerprint density at radius 2 is 2.00 bits per heavy atom. The van der Waals surface area contributed by atoms with Crippen molar-refractivity contribution in [1.82, 2.24) is 5.32 Å². The second kappa shape index (κ2) is 5.13. The van der Waals surface area contributed by atoms with Gasteiger partial charge in [0, 0.05) is 11.3 Å². The molecule has 3 rings (SSSR count). The highest BCUT2D eigenvalue weighted by Crippen LogP contribution is 2.48. The van der Waals surface area contributed by atoms with Crippen LogP contribution in [0.2, 0.25) is 0 Å². The van der Waals surface area contributed by atoms with Crippen molar-refractivity contribution in [3.8, 4) is 0 Å². The van der Waals surface area contributed by atoms with Crippen LogP contribution < -0.4 is 5.32 Å². The van der Waals surface area contributed by atoms with Crippen molar-refractivity contribution in [2.24, 2.45) is 17.8 Å². The third-order valence-electron chi connectivity index (χ3n) is 5.69. The van der Waals surface area contributed by atoms with E-state index in [-0.39, 0.29) is 0 Å². The molecule has 3 saturated carbocycles. The highest BCUT2D eigenvalue weighted by atomic mass is 32.2. The maximum Gasteiger partial charge on any atom is 0.0281 e. The molecule has 2 heteroatoms. The van der Waals surface area contributed by atoms with Crippen molar-refractivity contribution in [1.29, 1.82) is 0 Å². The van der Waals surface area contributed by atoms with E-state index >= 15 is 0 Å². The highest BCUT2D eigenvalue weighted by molar-refractivity contribution is 8.00. The Labute approximate surface area is 111 Å². The van der Waals surface area contributed by atoms with Gasteiger partial charge in [0.05, 0.1) is 0 Å². The summed E-state index contributed by atoms with van der Waals surface area (Å²) < 4.78 is 0.595. The largest absolute Gasteiger partial charge is 0.315 e. The van der Waals surface area contributed by atoms with Crippen molar-refractivity contribution in [3.63, 3.8) is 0 Å². The van der Waals surface area contributed by atoms with Crippen LogP contribution in [0, 0.1) is 17.8 Å². The lowest BCUT2D eigenvalue weighted by molar-refractivity contribution is 0.314. The van der Waals surface area contributed by atoms with Gasteiger partial charge in [-0.1, -0.05) is 19.3 Å². The third kappa shape index (κ3) is 2.53. The van der Waals surface area contributed by atoms with Crippen molar-refractivity contribution in [2.45, 2.75) is 56.1 Å². The molecule has 3 aliphatic rings. The minimum atomic E-state index is 0.595. The molecule has 0 aliphatic heterocycles. The number of hydrogen-bond donors (Lipinski definition) is 1. The lowest BCUT2D eigenvalue weighted by Crippen LogP contribution is -2.38. The smallest absolute Gasteiger partial charge is 0.0281 e. The van der Waals surface area contributed by atoms with Gasteiger partial charge in [-0.3, -0.25) is 0 Å². The van der Waals surface area contributed by atoms with Crippen LogP contribution in [0.3, 0.4) is 0 Å². The molecule has 0 heterocycles. The maximum absolute atomic E-state index is 3.83. The predicted molar refractivity (Wildman–Crippen MR) is 76.5 cm³/mol. The zero-order chi connectivity index (χ0) is 11.7. The Morgan fingerprint density at radius 3 is 2.59 bits per heavy atom. The van der Waals surface area contributed by atoms with Gasteiger partial charge >= 0.3 is 0 Å². The summed E-state index contributed by atoms with van der Waals surface area (Å²) in [5.74, 6) is 3.21. The van der Waals surface area contributed by atoms with Gasteiger partial charge in [0.15, 0.2) is 0 Å². The Hall–Kier alpha value is 0.310. The van der Waals surface area contributed by atoms with Crippen LogP contribution >= 0.6 is 11.8 Å². The molecule has 3 unspecified atom stereocenters. The van der Waals surface area contributed by atoms with E-state index in [1.54, 1.807) is 6.42 Å². The summed E-state index contributed by atoms with van der Waals surface area (Å²) >= 11 is 2.12. The van der Waals surface area contributed by atoms with E-state index in [2.05, 4.69) is 23.3 Å². The standard InChI is InChI=1S/C15H27NS/c1-17-15(6-2-3-7-15)11-16-10-14-9-12-4-5-13(14)8-12/h12-14,16H,2-11H2,1H3. The minimum Gasteiger partial charge on any atom is -0.315 e. The van der Waals surface area contributed by atoms with E-state index in [0.717, 1.165) is 17.8 Å². The molecule has 17 heavy (non-hydrogen) atoms. The number of fused-ring (bicyclic) bond motifs is 2. The van der Waals surface area contributed by atoms with Crippen molar-refractivity contribution in [2.75, 3.05) is 19.3 Å². The SMILES string of the molecule is CSC1(CNCC2CC3CCC2C3)CCCC1. The average molecular weight is 253 g/mol. The maximum atomic E-state index is 3.83. The summed E-state index contributed by atoms with van der Waals surface area (Å²) in [6, 6.07) is 0. The van der Waals surface area contributed by atoms with Crippen LogP contribution in [0.5, 0.6) is 0 Å². The molecule has 0 saturated heterocycles. The fourth-order valence-corrected chi connectivity index (χ4v) is 5.53. The molecular formula is C15H27NS. The Balaban J connectivity index is 1.43. The number of rotatable bonds is 5. The van der Waals surface area contributed by atoms with Crippen LogP contribution in [-0.4, -0.2) is 24.1 Å². The molecule has 0 aromatic rings. The molecule has 98 valence electrons. The van der Waals surface area contributed by atoms with Gasteiger partial charge in [-0.25, -0.2) is 0 Å². The van der Waals surface area contributed by atoms with Gasteiger partial charge in [-0.2, -0.15) is 11.8 Å². The Bertz CT molecular complexity index is 260. The lowest BCUT2D eigenvalue weighted by Gasteiger charge is -2.29. The predicted octanol–water partition coefficient (Wildman–Crippen LogP) is 3.69. The fourth-order valence-electron chi connectivity index (χ4n) is 4.58. The normalized spacial score (nSPS) is 39.0. The lowest BCUT2D eigenvalue weighted by atomic mass is 9.89. The first-order valence-corrected chi connectivity index (χ1v) is 8.80. The minimum absolute atomic E-state index is 0.595. The zero-order valence-corrected chi connectivity index (χ0v) is 12.0. The molecular weight excluding hydrogens is 226 g/mol. The molecule has 1 N–H and O–H groups in total. The molecule has 0 radical (unpaired) electrons. The van der Waals surface area contributed by atoms with Gasteiger partial charge in [-0.05, 0) is 62.7 Å². The van der Waals surface area contributed by atoms with E-state index in [1.807, 2.05) is 0 Å². The van der Waals surface area contributed by atoms with Gasteiger partial charge < -0.3 is 5.32 Å². The number of hydrogen-bond acceptors (Lipinski definition) is 2. The Kier molecular flexibility index (Phi) is 3.72. The molecule has 0 aromatic carbocycles. The van der Waals surface area contributed by atoms with E-state index in [9.17, 15) is 0 Å². The van der Waals surface area contributed by atoms with Gasteiger partial charge in [0.25, 0.3) is 0 Å². The first kappa shape index (κ1) is 12.3. The van der Waals surface area contributed by atoms with E-state index in [1.165, 1.54) is 58.0 Å². The van der Waals surface area contributed by atoms with E-state index in [4.69, 9.17) is 0 Å². The molecule has 0 aromatic heterocycles. The molecule has 0 spiro atoms. The summed E-state index contributed by atoms with van der Waals surface area (Å²) in [6.45, 7) is 2.57. The van der Waals surface area contributed by atoms with E-state index < -0.39 is 0 Å². The molecule has 2 bridgehead atoms.